The van der Waals surface area contributed by atoms with Crippen molar-refractivity contribution in [1.82, 2.24) is 0 Å². The number of hydrogen-bond donors (Lipinski definition) is 3. The number of phenols is 1. The maximum absolute atomic E-state index is 11.0. The molecule has 1 amide bonds. The Bertz CT molecular complexity index is 638. The molecular formula is C16H18N2O3. The largest absolute Gasteiger partial charge is 0.504 e. The number of nitrogens with one attached hydrogen (secondary N) is 1. The van der Waals surface area contributed by atoms with Crippen molar-refractivity contribution in [1.29, 1.82) is 0 Å². The van der Waals surface area contributed by atoms with Crippen molar-refractivity contribution in [3.05, 3.63) is 53.6 Å². The first-order chi connectivity index (χ1) is 10.0. The number of primary amides is 1. The molecule has 0 heterocycles. The smallest absolute Gasteiger partial charge is 0.248 e. The van der Waals surface area contributed by atoms with Gasteiger partial charge in [0.1, 0.15) is 0 Å². The number of amides is 1. The first-order valence-electron chi connectivity index (χ1n) is 6.54. The molecule has 0 radical (unpaired) electrons. The molecule has 1 unspecified atom stereocenters. The van der Waals surface area contributed by atoms with E-state index in [-0.39, 0.29) is 11.8 Å². The standard InChI is InChI=1S/C16H18N2O3/c1-10(12-5-8-14(19)15(9-12)21-2)18-13-6-3-11(4-7-13)16(17)20/h3-10,18-19H,1-2H3,(H2,17,20). The summed E-state index contributed by atoms with van der Waals surface area (Å²) in [6.45, 7) is 1.99. The SMILES string of the molecule is COc1cc(C(C)Nc2ccc(C(N)=O)cc2)ccc1O. The van der Waals surface area contributed by atoms with Crippen molar-refractivity contribution in [2.24, 2.45) is 5.73 Å². The molecule has 4 N–H and O–H groups in total. The fraction of sp³-hybridized carbons (Fsp3) is 0.188. The van der Waals surface area contributed by atoms with E-state index in [1.165, 1.54) is 7.11 Å². The number of ether oxygens (including phenoxy) is 1. The van der Waals surface area contributed by atoms with Crippen molar-refractivity contribution in [2.45, 2.75) is 13.0 Å². The van der Waals surface area contributed by atoms with Crippen molar-refractivity contribution in [3.8, 4) is 11.5 Å². The zero-order valence-electron chi connectivity index (χ0n) is 12.0. The third-order valence-electron chi connectivity index (χ3n) is 3.26. The van der Waals surface area contributed by atoms with Gasteiger partial charge >= 0.3 is 0 Å². The van der Waals surface area contributed by atoms with Crippen LogP contribution < -0.4 is 15.8 Å². The van der Waals surface area contributed by atoms with Crippen LogP contribution in [0.4, 0.5) is 5.69 Å². The average molecular weight is 286 g/mol. The van der Waals surface area contributed by atoms with E-state index in [1.807, 2.05) is 13.0 Å². The summed E-state index contributed by atoms with van der Waals surface area (Å²) >= 11 is 0. The minimum absolute atomic E-state index is 0.0129. The average Bonchev–Trinajstić information content (AvgIpc) is 2.48. The zero-order valence-corrected chi connectivity index (χ0v) is 12.0. The van der Waals surface area contributed by atoms with Gasteiger partial charge in [-0.1, -0.05) is 6.07 Å². The lowest BCUT2D eigenvalue weighted by atomic mass is 10.1. The summed E-state index contributed by atoms with van der Waals surface area (Å²) in [5.41, 5.74) is 7.53. The van der Waals surface area contributed by atoms with Crippen LogP contribution in [0, 0.1) is 0 Å². The van der Waals surface area contributed by atoms with Gasteiger partial charge in [-0.05, 0) is 48.9 Å². The molecule has 0 bridgehead atoms. The third-order valence-corrected chi connectivity index (χ3v) is 3.26. The van der Waals surface area contributed by atoms with Gasteiger partial charge in [0.15, 0.2) is 11.5 Å². The van der Waals surface area contributed by atoms with E-state index in [1.54, 1.807) is 36.4 Å². The molecule has 0 saturated carbocycles. The number of anilines is 1. The molecule has 0 saturated heterocycles. The molecule has 0 spiro atoms. The predicted molar refractivity (Wildman–Crippen MR) is 81.7 cm³/mol. The summed E-state index contributed by atoms with van der Waals surface area (Å²) in [7, 11) is 1.51. The third kappa shape index (κ3) is 3.45. The fourth-order valence-corrected chi connectivity index (χ4v) is 2.03. The van der Waals surface area contributed by atoms with Crippen LogP contribution in [0.3, 0.4) is 0 Å². The van der Waals surface area contributed by atoms with E-state index in [9.17, 15) is 9.90 Å². The van der Waals surface area contributed by atoms with Crippen LogP contribution in [0.1, 0.15) is 28.9 Å². The molecule has 2 aromatic rings. The first kappa shape index (κ1) is 14.7. The highest BCUT2D eigenvalue weighted by atomic mass is 16.5. The summed E-state index contributed by atoms with van der Waals surface area (Å²) in [5, 5.41) is 12.9. The molecule has 0 aliphatic heterocycles. The monoisotopic (exact) mass is 286 g/mol. The van der Waals surface area contributed by atoms with E-state index in [0.717, 1.165) is 11.3 Å². The highest BCUT2D eigenvalue weighted by Gasteiger charge is 2.09. The Labute approximate surface area is 123 Å². The molecule has 5 heteroatoms. The maximum Gasteiger partial charge on any atom is 0.248 e. The van der Waals surface area contributed by atoms with Gasteiger partial charge in [-0.25, -0.2) is 0 Å². The van der Waals surface area contributed by atoms with E-state index in [0.29, 0.717) is 11.3 Å². The van der Waals surface area contributed by atoms with Gasteiger partial charge in [0.05, 0.1) is 7.11 Å². The Morgan fingerprint density at radius 3 is 2.48 bits per heavy atom. The van der Waals surface area contributed by atoms with Crippen LogP contribution >= 0.6 is 0 Å². The number of phenolic OH excluding ortho intramolecular Hbond substituents is 1. The number of methoxy groups -OCH3 is 1. The second kappa shape index (κ2) is 6.17. The number of rotatable bonds is 5. The van der Waals surface area contributed by atoms with Gasteiger partial charge in [-0.2, -0.15) is 0 Å². The number of hydrogen-bond acceptors (Lipinski definition) is 4. The summed E-state index contributed by atoms with van der Waals surface area (Å²) < 4.78 is 5.10. The molecule has 0 aromatic heterocycles. The molecule has 0 aliphatic rings. The summed E-state index contributed by atoms with van der Waals surface area (Å²) in [6, 6.07) is 12.2. The lowest BCUT2D eigenvalue weighted by molar-refractivity contribution is 0.100. The van der Waals surface area contributed by atoms with E-state index < -0.39 is 5.91 Å². The summed E-state index contributed by atoms with van der Waals surface area (Å²) in [4.78, 5) is 11.0. The van der Waals surface area contributed by atoms with Crippen molar-refractivity contribution in [2.75, 3.05) is 12.4 Å². The molecule has 0 aliphatic carbocycles. The van der Waals surface area contributed by atoms with Crippen LogP contribution in [0.5, 0.6) is 11.5 Å². The molecule has 2 rings (SSSR count). The first-order valence-corrected chi connectivity index (χ1v) is 6.54. The highest BCUT2D eigenvalue weighted by Crippen LogP contribution is 2.30. The van der Waals surface area contributed by atoms with Crippen LogP contribution in [0.25, 0.3) is 0 Å². The molecule has 0 fully saturated rings. The van der Waals surface area contributed by atoms with Gasteiger partial charge in [-0.3, -0.25) is 4.79 Å². The molecular weight excluding hydrogens is 268 g/mol. The number of carbonyl (C=O) groups is 1. The lowest BCUT2D eigenvalue weighted by Crippen LogP contribution is -2.11. The molecule has 5 nitrogen and oxygen atoms in total. The highest BCUT2D eigenvalue weighted by molar-refractivity contribution is 5.93. The number of benzene rings is 2. The topological polar surface area (TPSA) is 84.6 Å². The normalized spacial score (nSPS) is 11.7. The van der Waals surface area contributed by atoms with Gasteiger partial charge in [0, 0.05) is 17.3 Å². The van der Waals surface area contributed by atoms with Gasteiger partial charge < -0.3 is 20.9 Å². The quantitative estimate of drug-likeness (QED) is 0.789. The van der Waals surface area contributed by atoms with Gasteiger partial charge in [0.25, 0.3) is 0 Å². The van der Waals surface area contributed by atoms with E-state index in [4.69, 9.17) is 10.5 Å². The van der Waals surface area contributed by atoms with Gasteiger partial charge in [0.2, 0.25) is 5.91 Å². The van der Waals surface area contributed by atoms with Crippen LogP contribution in [0.2, 0.25) is 0 Å². The molecule has 21 heavy (non-hydrogen) atoms. The van der Waals surface area contributed by atoms with Crippen LogP contribution in [-0.2, 0) is 0 Å². The van der Waals surface area contributed by atoms with E-state index >= 15 is 0 Å². The second-order valence-electron chi connectivity index (χ2n) is 4.74. The molecule has 110 valence electrons. The predicted octanol–water partition coefficient (Wildman–Crippen LogP) is 2.67. The minimum atomic E-state index is -0.446. The fourth-order valence-electron chi connectivity index (χ4n) is 2.03. The Hall–Kier alpha value is -2.69. The molecule has 2 aromatic carbocycles. The minimum Gasteiger partial charge on any atom is -0.504 e. The van der Waals surface area contributed by atoms with Gasteiger partial charge in [-0.15, -0.1) is 0 Å². The number of aromatic hydroxyl groups is 1. The second-order valence-corrected chi connectivity index (χ2v) is 4.74. The zero-order chi connectivity index (χ0) is 15.4. The van der Waals surface area contributed by atoms with Crippen molar-refractivity contribution < 1.29 is 14.6 Å². The van der Waals surface area contributed by atoms with Crippen molar-refractivity contribution in [3.63, 3.8) is 0 Å². The van der Waals surface area contributed by atoms with E-state index in [2.05, 4.69) is 5.32 Å². The summed E-state index contributed by atoms with van der Waals surface area (Å²) in [5.74, 6) is 0.0994. The maximum atomic E-state index is 11.0. The van der Waals surface area contributed by atoms with Crippen LogP contribution in [0.15, 0.2) is 42.5 Å². The number of nitrogens with two attached hydrogens (primary N) is 1. The molecule has 1 atom stereocenters. The Morgan fingerprint density at radius 2 is 1.90 bits per heavy atom. The lowest BCUT2D eigenvalue weighted by Gasteiger charge is -2.17. The van der Waals surface area contributed by atoms with Crippen molar-refractivity contribution >= 4 is 11.6 Å². The van der Waals surface area contributed by atoms with Crippen LogP contribution in [-0.4, -0.2) is 18.1 Å². The Kier molecular flexibility index (Phi) is 4.33. The summed E-state index contributed by atoms with van der Waals surface area (Å²) in [6.07, 6.45) is 0. The number of carbonyl (C=O) groups excluding carboxylic acids is 1. The Balaban J connectivity index is 2.13. The Morgan fingerprint density at radius 1 is 1.24 bits per heavy atom.